The Morgan fingerprint density at radius 2 is 2.12 bits per heavy atom. The van der Waals surface area contributed by atoms with E-state index in [-0.39, 0.29) is 0 Å². The van der Waals surface area contributed by atoms with Crippen molar-refractivity contribution in [2.45, 2.75) is 6.92 Å². The molecule has 0 aliphatic carbocycles. The van der Waals surface area contributed by atoms with E-state index < -0.39 is 0 Å². The second-order valence-corrected chi connectivity index (χ2v) is 4.20. The van der Waals surface area contributed by atoms with Gasteiger partial charge < -0.3 is 5.73 Å². The fourth-order valence-corrected chi connectivity index (χ4v) is 1.62. The van der Waals surface area contributed by atoms with Crippen LogP contribution in [0.3, 0.4) is 0 Å². The van der Waals surface area contributed by atoms with Gasteiger partial charge in [-0.3, -0.25) is 5.10 Å². The molecule has 0 unspecified atom stereocenters. The lowest BCUT2D eigenvalue weighted by molar-refractivity contribution is 0.813. The first-order valence-corrected chi connectivity index (χ1v) is 5.61. The van der Waals surface area contributed by atoms with E-state index in [0.717, 1.165) is 5.56 Å². The van der Waals surface area contributed by atoms with Crippen LogP contribution >= 0.6 is 23.8 Å². The molecule has 0 bridgehead atoms. The molecule has 7 heteroatoms. The van der Waals surface area contributed by atoms with Crippen LogP contribution in [0.15, 0.2) is 29.4 Å². The normalized spacial score (nSPS) is 11.8. The summed E-state index contributed by atoms with van der Waals surface area (Å²) in [5, 5.41) is 11.4. The lowest BCUT2D eigenvalue weighted by Gasteiger charge is -2.01. The maximum absolute atomic E-state index is 5.87. The maximum atomic E-state index is 5.87. The van der Waals surface area contributed by atoms with Crippen LogP contribution in [0.5, 0.6) is 0 Å². The van der Waals surface area contributed by atoms with E-state index in [0.29, 0.717) is 21.5 Å². The smallest absolute Gasteiger partial charge is 0.216 e. The Kier molecular flexibility index (Phi) is 3.26. The first-order chi connectivity index (χ1) is 8.08. The molecule has 17 heavy (non-hydrogen) atoms. The fraction of sp³-hybridized carbons (Fsp3) is 0.100. The van der Waals surface area contributed by atoms with Gasteiger partial charge in [0, 0.05) is 10.6 Å². The zero-order chi connectivity index (χ0) is 12.4. The van der Waals surface area contributed by atoms with Gasteiger partial charge in [0.05, 0.1) is 0 Å². The lowest BCUT2D eigenvalue weighted by Crippen LogP contribution is -2.15. The minimum atomic E-state index is 0.349. The molecule has 88 valence electrons. The van der Waals surface area contributed by atoms with Gasteiger partial charge in [0.1, 0.15) is 5.82 Å². The van der Waals surface area contributed by atoms with Crippen LogP contribution in [0.4, 0.5) is 0 Å². The predicted molar refractivity (Wildman–Crippen MR) is 69.7 cm³/mol. The van der Waals surface area contributed by atoms with E-state index >= 15 is 0 Å². The number of nitrogens with two attached hydrogens (primary N) is 1. The Bertz CT molecular complexity index is 610. The number of benzene rings is 1. The Morgan fingerprint density at radius 3 is 2.65 bits per heavy atom. The van der Waals surface area contributed by atoms with Gasteiger partial charge >= 0.3 is 0 Å². The Morgan fingerprint density at radius 1 is 1.47 bits per heavy atom. The summed E-state index contributed by atoms with van der Waals surface area (Å²) in [6, 6.07) is 7.09. The standard InChI is InChI=1S/C10H10ClN5S/c1-6-13-14-10(17)16(6)15-9(12)7-2-4-8(11)5-3-7/h2-5H,1H3,(H2,12,15)(H,14,17). The number of H-pyrrole nitrogens is 1. The summed E-state index contributed by atoms with van der Waals surface area (Å²) in [6.45, 7) is 1.78. The topological polar surface area (TPSA) is 72.0 Å². The molecule has 0 saturated carbocycles. The monoisotopic (exact) mass is 267 g/mol. The highest BCUT2D eigenvalue weighted by Crippen LogP contribution is 2.09. The van der Waals surface area contributed by atoms with E-state index in [4.69, 9.17) is 29.6 Å². The molecule has 0 aliphatic heterocycles. The number of aromatic nitrogens is 3. The first-order valence-electron chi connectivity index (χ1n) is 4.82. The average molecular weight is 268 g/mol. The van der Waals surface area contributed by atoms with Crippen molar-refractivity contribution < 1.29 is 0 Å². The molecule has 0 aliphatic rings. The van der Waals surface area contributed by atoms with Crippen molar-refractivity contribution in [3.05, 3.63) is 45.4 Å². The quantitative estimate of drug-likeness (QED) is 0.497. The third-order valence-corrected chi connectivity index (χ3v) is 2.68. The number of aryl methyl sites for hydroxylation is 1. The molecule has 1 aromatic carbocycles. The number of hydrogen-bond donors (Lipinski definition) is 2. The van der Waals surface area contributed by atoms with Crippen molar-refractivity contribution >= 4 is 29.7 Å². The number of nitrogens with one attached hydrogen (secondary N) is 1. The van der Waals surface area contributed by atoms with Crippen molar-refractivity contribution in [3.63, 3.8) is 0 Å². The molecule has 5 nitrogen and oxygen atoms in total. The molecule has 3 N–H and O–H groups in total. The van der Waals surface area contributed by atoms with E-state index in [1.54, 1.807) is 31.2 Å². The number of amidine groups is 1. The lowest BCUT2D eigenvalue weighted by atomic mass is 10.2. The van der Waals surface area contributed by atoms with Gasteiger partial charge in [-0.2, -0.15) is 9.77 Å². The first kappa shape index (κ1) is 11.8. The van der Waals surface area contributed by atoms with Crippen LogP contribution in [0.2, 0.25) is 5.02 Å². The molecule has 2 rings (SSSR count). The summed E-state index contributed by atoms with van der Waals surface area (Å²) in [6.07, 6.45) is 0. The molecule has 0 radical (unpaired) electrons. The number of rotatable bonds is 2. The molecule has 1 heterocycles. The molecule has 0 saturated heterocycles. The van der Waals surface area contributed by atoms with Gasteiger partial charge in [0.15, 0.2) is 5.84 Å². The van der Waals surface area contributed by atoms with E-state index in [1.165, 1.54) is 4.68 Å². The van der Waals surface area contributed by atoms with Crippen molar-refractivity contribution in [2.24, 2.45) is 10.8 Å². The third-order valence-electron chi connectivity index (χ3n) is 2.16. The molecular weight excluding hydrogens is 258 g/mol. The third kappa shape index (κ3) is 2.54. The van der Waals surface area contributed by atoms with Crippen LogP contribution in [0, 0.1) is 11.7 Å². The van der Waals surface area contributed by atoms with Crippen molar-refractivity contribution in [1.29, 1.82) is 0 Å². The Labute approximate surface area is 108 Å². The van der Waals surface area contributed by atoms with Crippen molar-refractivity contribution in [2.75, 3.05) is 0 Å². The highest BCUT2D eigenvalue weighted by Gasteiger charge is 2.02. The summed E-state index contributed by atoms with van der Waals surface area (Å²) >= 11 is 10.8. The van der Waals surface area contributed by atoms with E-state index in [2.05, 4.69) is 15.3 Å². The maximum Gasteiger partial charge on any atom is 0.216 e. The number of hydrogen-bond acceptors (Lipinski definition) is 3. The number of aromatic amines is 1. The second-order valence-electron chi connectivity index (χ2n) is 3.38. The average Bonchev–Trinajstić information content (AvgIpc) is 2.61. The van der Waals surface area contributed by atoms with Gasteiger partial charge in [0.2, 0.25) is 4.77 Å². The van der Waals surface area contributed by atoms with E-state index in [1.807, 2.05) is 0 Å². The second kappa shape index (κ2) is 4.68. The summed E-state index contributed by atoms with van der Waals surface area (Å²) in [4.78, 5) is 0. The highest BCUT2D eigenvalue weighted by molar-refractivity contribution is 7.71. The van der Waals surface area contributed by atoms with Crippen LogP contribution in [-0.4, -0.2) is 20.7 Å². The predicted octanol–water partition coefficient (Wildman–Crippen LogP) is 2.07. The molecule has 1 aromatic heterocycles. The van der Waals surface area contributed by atoms with Crippen molar-refractivity contribution in [3.8, 4) is 0 Å². The molecule has 0 amide bonds. The zero-order valence-electron chi connectivity index (χ0n) is 9.01. The van der Waals surface area contributed by atoms with Crippen molar-refractivity contribution in [1.82, 2.24) is 14.9 Å². The fourth-order valence-electron chi connectivity index (χ4n) is 1.27. The van der Waals surface area contributed by atoms with Crippen LogP contribution in [-0.2, 0) is 0 Å². The summed E-state index contributed by atoms with van der Waals surface area (Å²) < 4.78 is 1.87. The number of nitrogens with zero attached hydrogens (tertiary/aromatic N) is 3. The van der Waals surface area contributed by atoms with Gasteiger partial charge in [-0.15, -0.1) is 5.10 Å². The van der Waals surface area contributed by atoms with E-state index in [9.17, 15) is 0 Å². The summed E-state index contributed by atoms with van der Waals surface area (Å²) in [7, 11) is 0. The van der Waals surface area contributed by atoms with Crippen LogP contribution < -0.4 is 5.73 Å². The molecule has 0 fully saturated rings. The minimum absolute atomic E-state index is 0.349. The molecule has 2 aromatic rings. The zero-order valence-corrected chi connectivity index (χ0v) is 10.6. The molecule has 0 spiro atoms. The largest absolute Gasteiger partial charge is 0.382 e. The molecule has 0 atom stereocenters. The summed E-state index contributed by atoms with van der Waals surface area (Å²) in [5.74, 6) is 0.995. The van der Waals surface area contributed by atoms with Gasteiger partial charge in [-0.1, -0.05) is 11.6 Å². The highest BCUT2D eigenvalue weighted by atomic mass is 35.5. The number of halogens is 1. The Balaban J connectivity index is 2.41. The summed E-state index contributed by atoms with van der Waals surface area (Å²) in [5.41, 5.74) is 6.65. The van der Waals surface area contributed by atoms with Crippen LogP contribution in [0.1, 0.15) is 11.4 Å². The van der Waals surface area contributed by atoms with Gasteiger partial charge in [0.25, 0.3) is 0 Å². The minimum Gasteiger partial charge on any atom is -0.382 e. The van der Waals surface area contributed by atoms with Gasteiger partial charge in [-0.25, -0.2) is 0 Å². The van der Waals surface area contributed by atoms with Crippen LogP contribution in [0.25, 0.3) is 0 Å². The Hall–Kier alpha value is -1.66. The molecular formula is C10H10ClN5S. The SMILES string of the molecule is Cc1n[nH]c(=S)n1/N=C(\N)c1ccc(Cl)cc1. The van der Waals surface area contributed by atoms with Gasteiger partial charge in [-0.05, 0) is 43.4 Å².